The van der Waals surface area contributed by atoms with Gasteiger partial charge in [-0.1, -0.05) is 18.2 Å². The van der Waals surface area contributed by atoms with Gasteiger partial charge in [0, 0.05) is 10.9 Å². The summed E-state index contributed by atoms with van der Waals surface area (Å²) in [6, 6.07) is 9.63. The summed E-state index contributed by atoms with van der Waals surface area (Å²) in [6.45, 7) is 0. The second kappa shape index (κ2) is 5.38. The van der Waals surface area contributed by atoms with Gasteiger partial charge in [-0.25, -0.2) is 15.8 Å². The number of nitrogens with one attached hydrogen (secondary N) is 2. The van der Waals surface area contributed by atoms with Gasteiger partial charge in [-0.2, -0.15) is 0 Å². The summed E-state index contributed by atoms with van der Waals surface area (Å²) >= 11 is 1.15. The zero-order chi connectivity index (χ0) is 14.8. The van der Waals surface area contributed by atoms with Crippen LogP contribution in [0.2, 0.25) is 0 Å². The van der Waals surface area contributed by atoms with Crippen molar-refractivity contribution in [3.63, 3.8) is 0 Å². The molecule has 0 spiro atoms. The smallest absolute Gasteiger partial charge is 0.344 e. The van der Waals surface area contributed by atoms with E-state index in [-0.39, 0.29) is 16.5 Å². The zero-order valence-corrected chi connectivity index (χ0v) is 11.4. The van der Waals surface area contributed by atoms with Crippen molar-refractivity contribution in [2.45, 2.75) is 10.1 Å². The summed E-state index contributed by atoms with van der Waals surface area (Å²) in [5, 5.41) is 13.2. The maximum atomic E-state index is 11.2. The van der Waals surface area contributed by atoms with E-state index in [1.165, 1.54) is 6.33 Å². The Morgan fingerprint density at radius 3 is 2.86 bits per heavy atom. The Kier molecular flexibility index (Phi) is 3.42. The molecule has 21 heavy (non-hydrogen) atoms. The largest absolute Gasteiger partial charge is 0.349 e. The number of hydrogen-bond donors (Lipinski definition) is 3. The molecule has 0 aliphatic heterocycles. The van der Waals surface area contributed by atoms with Crippen LogP contribution in [0.1, 0.15) is 0 Å². The highest BCUT2D eigenvalue weighted by atomic mass is 32.2. The molecule has 0 saturated heterocycles. The number of aromatic nitrogens is 3. The van der Waals surface area contributed by atoms with Crippen molar-refractivity contribution >= 4 is 34.2 Å². The molecule has 8 nitrogen and oxygen atoms in total. The molecule has 0 aliphatic carbocycles. The Hall–Kier alpha value is -2.65. The van der Waals surface area contributed by atoms with Crippen LogP contribution in [0.3, 0.4) is 0 Å². The van der Waals surface area contributed by atoms with Crippen LogP contribution < -0.4 is 11.3 Å². The first-order valence-electron chi connectivity index (χ1n) is 5.90. The molecular formula is C12H10N6O2S. The van der Waals surface area contributed by atoms with E-state index in [4.69, 9.17) is 5.84 Å². The Morgan fingerprint density at radius 2 is 2.14 bits per heavy atom. The predicted molar refractivity (Wildman–Crippen MR) is 78.9 cm³/mol. The molecule has 0 aliphatic rings. The van der Waals surface area contributed by atoms with E-state index in [0.29, 0.717) is 0 Å². The number of rotatable bonds is 4. The first-order chi connectivity index (χ1) is 10.2. The summed E-state index contributed by atoms with van der Waals surface area (Å²) in [5.74, 6) is 5.23. The van der Waals surface area contributed by atoms with Gasteiger partial charge in [0.1, 0.15) is 6.33 Å². The number of benzene rings is 1. The summed E-state index contributed by atoms with van der Waals surface area (Å²) < 4.78 is 0. The monoisotopic (exact) mass is 302 g/mol. The predicted octanol–water partition coefficient (Wildman–Crippen LogP) is 2.30. The van der Waals surface area contributed by atoms with E-state index in [1.54, 1.807) is 0 Å². The molecule has 106 valence electrons. The van der Waals surface area contributed by atoms with Gasteiger partial charge in [0.25, 0.3) is 0 Å². The average Bonchev–Trinajstić information content (AvgIpc) is 2.88. The van der Waals surface area contributed by atoms with Crippen LogP contribution in [0.15, 0.2) is 46.7 Å². The molecule has 0 amide bonds. The van der Waals surface area contributed by atoms with Crippen LogP contribution in [0.4, 0.5) is 11.5 Å². The molecule has 0 radical (unpaired) electrons. The van der Waals surface area contributed by atoms with Crippen LogP contribution in [-0.2, 0) is 0 Å². The van der Waals surface area contributed by atoms with E-state index in [2.05, 4.69) is 20.4 Å². The zero-order valence-electron chi connectivity index (χ0n) is 10.6. The lowest BCUT2D eigenvalue weighted by atomic mass is 10.3. The second-order valence-electron chi connectivity index (χ2n) is 4.10. The van der Waals surface area contributed by atoms with Gasteiger partial charge in [0.2, 0.25) is 5.82 Å². The fourth-order valence-corrected chi connectivity index (χ4v) is 2.84. The quantitative estimate of drug-likeness (QED) is 0.292. The number of hydrazine groups is 1. The van der Waals surface area contributed by atoms with E-state index < -0.39 is 4.92 Å². The lowest BCUT2D eigenvalue weighted by Gasteiger charge is -2.03. The topological polar surface area (TPSA) is 123 Å². The number of nitrogens with zero attached hydrogens (tertiary/aromatic N) is 3. The van der Waals surface area contributed by atoms with Crippen molar-refractivity contribution in [1.29, 1.82) is 0 Å². The highest BCUT2D eigenvalue weighted by molar-refractivity contribution is 7.99. The number of anilines is 1. The number of aromatic amines is 1. The summed E-state index contributed by atoms with van der Waals surface area (Å²) in [5.41, 5.74) is 2.92. The number of fused-ring (bicyclic) bond motifs is 1. The molecule has 9 heteroatoms. The van der Waals surface area contributed by atoms with Gasteiger partial charge in [-0.15, -0.1) is 0 Å². The molecule has 4 N–H and O–H groups in total. The maximum absolute atomic E-state index is 11.2. The number of hydrogen-bond acceptors (Lipinski definition) is 7. The van der Waals surface area contributed by atoms with Crippen LogP contribution in [0.25, 0.3) is 10.9 Å². The fourth-order valence-electron chi connectivity index (χ4n) is 1.91. The molecule has 2 heterocycles. The second-order valence-corrected chi connectivity index (χ2v) is 5.13. The molecule has 0 saturated carbocycles. The third kappa shape index (κ3) is 2.51. The standard InChI is InChI=1S/C12H10N6O2S/c13-17-11-10(18(19)20)12(15-6-14-11)21-9-5-7-3-1-2-4-8(7)16-9/h1-6,16H,13H2,(H,14,15,17). The minimum absolute atomic E-state index is 0.0198. The molecule has 0 fully saturated rings. The number of H-pyrrole nitrogens is 1. The Bertz CT molecular complexity index is 785. The Morgan fingerprint density at radius 1 is 1.33 bits per heavy atom. The fraction of sp³-hybridized carbons (Fsp3) is 0. The number of para-hydroxylation sites is 1. The molecule has 3 rings (SSSR count). The number of nitrogens with two attached hydrogens (primary N) is 1. The van der Waals surface area contributed by atoms with Crippen LogP contribution in [-0.4, -0.2) is 19.9 Å². The van der Waals surface area contributed by atoms with Crippen molar-refractivity contribution < 1.29 is 4.92 Å². The molecule has 3 aromatic rings. The maximum Gasteiger partial charge on any atom is 0.344 e. The Balaban J connectivity index is 2.03. The van der Waals surface area contributed by atoms with Gasteiger partial charge in [0.15, 0.2) is 5.03 Å². The average molecular weight is 302 g/mol. The van der Waals surface area contributed by atoms with E-state index in [0.717, 1.165) is 27.7 Å². The lowest BCUT2D eigenvalue weighted by Crippen LogP contribution is -2.12. The van der Waals surface area contributed by atoms with Crippen LogP contribution in [0, 0.1) is 10.1 Å². The van der Waals surface area contributed by atoms with Crippen molar-refractivity contribution in [1.82, 2.24) is 15.0 Å². The third-order valence-corrected chi connectivity index (χ3v) is 3.75. The molecule has 0 bridgehead atoms. The molecule has 0 atom stereocenters. The highest BCUT2D eigenvalue weighted by Gasteiger charge is 2.23. The van der Waals surface area contributed by atoms with Crippen molar-refractivity contribution in [2.75, 3.05) is 5.43 Å². The minimum atomic E-state index is -0.555. The highest BCUT2D eigenvalue weighted by Crippen LogP contribution is 2.36. The van der Waals surface area contributed by atoms with Crippen molar-refractivity contribution in [3.8, 4) is 0 Å². The van der Waals surface area contributed by atoms with Gasteiger partial charge in [0.05, 0.1) is 9.95 Å². The first-order valence-corrected chi connectivity index (χ1v) is 6.72. The van der Waals surface area contributed by atoms with Crippen molar-refractivity contribution in [3.05, 3.63) is 46.8 Å². The molecule has 2 aromatic heterocycles. The SMILES string of the molecule is NNc1ncnc(Sc2cc3ccccc3[nH]2)c1[N+](=O)[O-]. The van der Waals surface area contributed by atoms with Gasteiger partial charge in [-0.05, 0) is 23.9 Å². The van der Waals surface area contributed by atoms with Crippen LogP contribution in [0.5, 0.6) is 0 Å². The Labute approximate surface area is 122 Å². The normalized spacial score (nSPS) is 10.7. The first kappa shape index (κ1) is 13.3. The molecular weight excluding hydrogens is 292 g/mol. The van der Waals surface area contributed by atoms with E-state index >= 15 is 0 Å². The third-order valence-electron chi connectivity index (χ3n) is 2.82. The van der Waals surface area contributed by atoms with E-state index in [1.807, 2.05) is 30.3 Å². The lowest BCUT2D eigenvalue weighted by molar-refractivity contribution is -0.387. The van der Waals surface area contributed by atoms with Gasteiger partial charge >= 0.3 is 5.69 Å². The summed E-state index contributed by atoms with van der Waals surface area (Å²) in [4.78, 5) is 21.5. The van der Waals surface area contributed by atoms with Gasteiger partial charge < -0.3 is 10.4 Å². The number of nitro groups is 1. The van der Waals surface area contributed by atoms with Crippen molar-refractivity contribution in [2.24, 2.45) is 5.84 Å². The summed E-state index contributed by atoms with van der Waals surface area (Å²) in [6.07, 6.45) is 1.23. The van der Waals surface area contributed by atoms with Crippen LogP contribution >= 0.6 is 11.8 Å². The minimum Gasteiger partial charge on any atom is -0.349 e. The molecule has 0 unspecified atom stereocenters. The van der Waals surface area contributed by atoms with E-state index in [9.17, 15) is 10.1 Å². The molecule has 1 aromatic carbocycles. The number of nitrogen functional groups attached to an aromatic ring is 1. The van der Waals surface area contributed by atoms with Gasteiger partial charge in [-0.3, -0.25) is 10.1 Å². The summed E-state index contributed by atoms with van der Waals surface area (Å²) in [7, 11) is 0.